The van der Waals surface area contributed by atoms with E-state index in [1.165, 1.54) is 64.2 Å². The lowest BCUT2D eigenvalue weighted by molar-refractivity contribution is -0.185. The summed E-state index contributed by atoms with van der Waals surface area (Å²) in [5.74, 6) is 12.1. The Balaban J connectivity index is 0.000000122. The molecule has 0 saturated heterocycles. The van der Waals surface area contributed by atoms with Gasteiger partial charge in [0.25, 0.3) is 0 Å². The van der Waals surface area contributed by atoms with E-state index in [0.29, 0.717) is 17.8 Å². The van der Waals surface area contributed by atoms with Gasteiger partial charge in [0.05, 0.1) is 16.2 Å². The molecule has 0 aromatic rings. The van der Waals surface area contributed by atoms with E-state index in [1.807, 2.05) is 41.5 Å². The Labute approximate surface area is 353 Å². The Hall–Kier alpha value is -1.59. The second-order valence-corrected chi connectivity index (χ2v) is 24.6. The predicted molar refractivity (Wildman–Crippen MR) is 229 cm³/mol. The van der Waals surface area contributed by atoms with Crippen LogP contribution in [0.2, 0.25) is 0 Å². The second kappa shape index (κ2) is 14.8. The zero-order chi connectivity index (χ0) is 42.0. The molecule has 58 heavy (non-hydrogen) atoms. The molecule has 17 unspecified atom stereocenters. The van der Waals surface area contributed by atoms with Gasteiger partial charge in [-0.3, -0.25) is 14.4 Å². The predicted octanol–water partition coefficient (Wildman–Crippen LogP) is 12.4. The number of fused-ring (bicyclic) bond motifs is 19. The molecule has 328 valence electrons. The number of hydrogen-bond donors (Lipinski definition) is 0. The highest BCUT2D eigenvalue weighted by molar-refractivity contribution is 5.77. The van der Waals surface area contributed by atoms with Crippen molar-refractivity contribution in [2.45, 2.75) is 209 Å². The summed E-state index contributed by atoms with van der Waals surface area (Å²) in [6.45, 7) is 24.9. The fraction of sp³-hybridized carbons (Fsp3) is 0.942. The van der Waals surface area contributed by atoms with E-state index in [-0.39, 0.29) is 51.0 Å². The van der Waals surface area contributed by atoms with Crippen LogP contribution in [-0.2, 0) is 28.6 Å². The first kappa shape index (κ1) is 43.1. The maximum Gasteiger partial charge on any atom is 0.312 e. The van der Waals surface area contributed by atoms with E-state index in [1.54, 1.807) is 0 Å². The maximum absolute atomic E-state index is 12.6. The molecule has 10 rings (SSSR count). The molecule has 0 amide bonds. The van der Waals surface area contributed by atoms with Crippen LogP contribution < -0.4 is 0 Å². The number of ether oxygens (including phenoxy) is 3. The largest absolute Gasteiger partial charge is 0.459 e. The van der Waals surface area contributed by atoms with Crippen LogP contribution in [0.3, 0.4) is 0 Å². The smallest absolute Gasteiger partial charge is 0.312 e. The van der Waals surface area contributed by atoms with Crippen LogP contribution in [0.5, 0.6) is 0 Å². The molecule has 0 heterocycles. The van der Waals surface area contributed by atoms with Gasteiger partial charge < -0.3 is 14.2 Å². The van der Waals surface area contributed by atoms with Crippen molar-refractivity contribution in [3.05, 3.63) is 0 Å². The summed E-state index contributed by atoms with van der Waals surface area (Å²) in [6.07, 6.45) is 20.9. The number of carbonyl (C=O) groups excluding carboxylic acids is 3. The van der Waals surface area contributed by atoms with Gasteiger partial charge in [-0.15, -0.1) is 0 Å². The number of esters is 3. The molecule has 10 fully saturated rings. The van der Waals surface area contributed by atoms with E-state index >= 15 is 0 Å². The molecule has 0 N–H and O–H groups in total. The summed E-state index contributed by atoms with van der Waals surface area (Å²) in [6, 6.07) is 0. The van der Waals surface area contributed by atoms with Gasteiger partial charge in [0.1, 0.15) is 16.8 Å². The van der Waals surface area contributed by atoms with E-state index < -0.39 is 0 Å². The van der Waals surface area contributed by atoms with Gasteiger partial charge in [-0.2, -0.15) is 0 Å². The van der Waals surface area contributed by atoms with Crippen LogP contribution >= 0.6 is 0 Å². The van der Waals surface area contributed by atoms with Crippen LogP contribution in [0.25, 0.3) is 0 Å². The Bertz CT molecular complexity index is 1590. The van der Waals surface area contributed by atoms with Gasteiger partial charge in [0.15, 0.2) is 0 Å². The fourth-order valence-corrected chi connectivity index (χ4v) is 15.8. The molecule has 17 atom stereocenters. The molecular formula is C52H84O6. The van der Waals surface area contributed by atoms with Crippen molar-refractivity contribution in [2.24, 2.45) is 99.1 Å². The van der Waals surface area contributed by atoms with Crippen molar-refractivity contribution in [1.82, 2.24) is 0 Å². The van der Waals surface area contributed by atoms with Crippen molar-refractivity contribution >= 4 is 17.9 Å². The summed E-state index contributed by atoms with van der Waals surface area (Å²) in [5.41, 5.74) is -1.43. The highest BCUT2D eigenvalue weighted by atomic mass is 16.6. The Morgan fingerprint density at radius 2 is 0.879 bits per heavy atom. The summed E-state index contributed by atoms with van der Waals surface area (Å²) in [4.78, 5) is 37.4. The number of rotatable bonds is 10. The minimum atomic E-state index is -0.334. The first-order chi connectivity index (χ1) is 27.2. The molecule has 0 spiro atoms. The Morgan fingerprint density at radius 1 is 0.466 bits per heavy atom. The zero-order valence-corrected chi connectivity index (χ0v) is 39.1. The van der Waals surface area contributed by atoms with Crippen LogP contribution in [0, 0.1) is 99.1 Å². The molecule has 10 saturated carbocycles. The van der Waals surface area contributed by atoms with Gasteiger partial charge in [-0.25, -0.2) is 0 Å². The summed E-state index contributed by atoms with van der Waals surface area (Å²) < 4.78 is 18.3. The number of hydrogen-bond acceptors (Lipinski definition) is 6. The van der Waals surface area contributed by atoms with Crippen molar-refractivity contribution in [3.8, 4) is 0 Å². The average molecular weight is 805 g/mol. The average Bonchev–Trinajstić information content (AvgIpc) is 4.02. The molecule has 8 bridgehead atoms. The van der Waals surface area contributed by atoms with E-state index in [9.17, 15) is 14.4 Å². The fourth-order valence-electron chi connectivity index (χ4n) is 15.8. The molecule has 6 heteroatoms. The SMILES string of the molecule is CCC(C)(C)C(=O)OC1(C)CC2CC1C1C3CCC(C3)C21.CCC(C)(C)C(=O)OC1(C)CC2CC1C1CCC21.CCC(C)(C)C(=O)OC1(CC)CC2CC1C1CCC21. The van der Waals surface area contributed by atoms with Crippen LogP contribution in [-0.4, -0.2) is 34.7 Å². The van der Waals surface area contributed by atoms with Crippen LogP contribution in [0.4, 0.5) is 0 Å². The summed E-state index contributed by atoms with van der Waals surface area (Å²) >= 11 is 0. The van der Waals surface area contributed by atoms with Gasteiger partial charge in [0.2, 0.25) is 0 Å². The second-order valence-electron chi connectivity index (χ2n) is 24.6. The van der Waals surface area contributed by atoms with Crippen molar-refractivity contribution < 1.29 is 28.6 Å². The third-order valence-electron chi connectivity index (χ3n) is 20.8. The molecule has 6 nitrogen and oxygen atoms in total. The van der Waals surface area contributed by atoms with E-state index in [4.69, 9.17) is 14.2 Å². The summed E-state index contributed by atoms with van der Waals surface area (Å²) in [5, 5.41) is 0. The standard InChI is InChI=1S/C19H30O2.C17H28O2.C16H26O2/c1-5-18(2,3)17(20)21-19(4)10-13-9-14(19)16-12-7-6-11(8-12)15(13)16;1-5-16(3,4)15(18)19-17(6-2)10-11-9-14(17)13-8-7-12(11)13;1-5-15(2,3)14(17)18-16(4)9-10-8-13(16)12-7-6-11(10)12/h11-16H,5-10H2,1-4H3;11-14H,5-10H2,1-4H3;10-13H,5-9H2,1-4H3. The van der Waals surface area contributed by atoms with Gasteiger partial charge in [-0.05, 0) is 230 Å². The van der Waals surface area contributed by atoms with Gasteiger partial charge in [0, 0.05) is 17.8 Å². The van der Waals surface area contributed by atoms with Gasteiger partial charge in [-0.1, -0.05) is 27.7 Å². The minimum Gasteiger partial charge on any atom is -0.459 e. The lowest BCUT2D eigenvalue weighted by Gasteiger charge is -2.49. The molecule has 10 aliphatic carbocycles. The highest BCUT2D eigenvalue weighted by Crippen LogP contribution is 2.71. The molecule has 0 radical (unpaired) electrons. The lowest BCUT2D eigenvalue weighted by Crippen LogP contribution is -2.50. The molecular weight excluding hydrogens is 721 g/mol. The first-order valence-electron chi connectivity index (χ1n) is 24.9. The van der Waals surface area contributed by atoms with Crippen molar-refractivity contribution in [1.29, 1.82) is 0 Å². The molecule has 0 aromatic heterocycles. The molecule has 10 aliphatic rings. The third kappa shape index (κ3) is 6.77. The topological polar surface area (TPSA) is 78.9 Å². The van der Waals surface area contributed by atoms with Crippen molar-refractivity contribution in [2.75, 3.05) is 0 Å². The lowest BCUT2D eigenvalue weighted by atomic mass is 9.60. The normalized spacial score (nSPS) is 46.8. The minimum absolute atomic E-state index is 0.0101. The van der Waals surface area contributed by atoms with Crippen molar-refractivity contribution in [3.63, 3.8) is 0 Å². The quantitative estimate of drug-likeness (QED) is 0.124. The first-order valence-corrected chi connectivity index (χ1v) is 24.9. The molecule has 0 aromatic carbocycles. The Morgan fingerprint density at radius 3 is 1.34 bits per heavy atom. The van der Waals surface area contributed by atoms with Crippen LogP contribution in [0.15, 0.2) is 0 Å². The monoisotopic (exact) mass is 805 g/mol. The van der Waals surface area contributed by atoms with E-state index in [2.05, 4.69) is 41.5 Å². The molecule has 0 aliphatic heterocycles. The number of carbonyl (C=O) groups is 3. The maximum atomic E-state index is 12.6. The zero-order valence-electron chi connectivity index (χ0n) is 39.1. The third-order valence-corrected chi connectivity index (χ3v) is 20.8. The van der Waals surface area contributed by atoms with E-state index in [0.717, 1.165) is 110 Å². The highest BCUT2D eigenvalue weighted by Gasteiger charge is 2.68. The van der Waals surface area contributed by atoms with Crippen LogP contribution in [0.1, 0.15) is 192 Å². The Kier molecular flexibility index (Phi) is 11.0. The van der Waals surface area contributed by atoms with Gasteiger partial charge >= 0.3 is 17.9 Å². The summed E-state index contributed by atoms with van der Waals surface area (Å²) in [7, 11) is 0.